The Balaban J connectivity index is 1.05. The van der Waals surface area contributed by atoms with E-state index in [9.17, 15) is 0 Å². The molecule has 10 aromatic carbocycles. The Morgan fingerprint density at radius 2 is 0.759 bits per heavy atom. The van der Waals surface area contributed by atoms with E-state index in [-0.39, 0.29) is 0 Å². The van der Waals surface area contributed by atoms with Crippen LogP contribution in [0, 0.1) is 0 Å². The number of hydrogen-bond acceptors (Lipinski definition) is 2. The molecule has 0 atom stereocenters. The molecule has 0 radical (unpaired) electrons. The fourth-order valence-corrected chi connectivity index (χ4v) is 8.74. The van der Waals surface area contributed by atoms with Crippen molar-refractivity contribution >= 4 is 43.1 Å². The van der Waals surface area contributed by atoms with Crippen LogP contribution in [0.2, 0.25) is 0 Å². The van der Waals surface area contributed by atoms with Gasteiger partial charge in [0.1, 0.15) is 0 Å². The van der Waals surface area contributed by atoms with Gasteiger partial charge in [-0.3, -0.25) is 0 Å². The lowest BCUT2D eigenvalue weighted by Crippen LogP contribution is -1.97. The third-order valence-corrected chi connectivity index (χ3v) is 11.5. The highest BCUT2D eigenvalue weighted by Crippen LogP contribution is 2.42. The monoisotopic (exact) mass is 736 g/mol. The second-order valence-electron chi connectivity index (χ2n) is 14.9. The second kappa shape index (κ2) is 14.1. The van der Waals surface area contributed by atoms with E-state index in [4.69, 9.17) is 9.97 Å². The van der Waals surface area contributed by atoms with Crippen molar-refractivity contribution in [1.82, 2.24) is 9.97 Å². The van der Waals surface area contributed by atoms with Gasteiger partial charge in [-0.15, -0.1) is 0 Å². The van der Waals surface area contributed by atoms with Crippen LogP contribution in [0.3, 0.4) is 0 Å². The summed E-state index contributed by atoms with van der Waals surface area (Å²) < 4.78 is 0. The first kappa shape index (κ1) is 33.6. The quantitative estimate of drug-likeness (QED) is 0.125. The van der Waals surface area contributed by atoms with E-state index in [1.54, 1.807) is 0 Å². The molecule has 2 heteroatoms. The topological polar surface area (TPSA) is 25.8 Å². The molecule has 0 saturated heterocycles. The fourth-order valence-electron chi connectivity index (χ4n) is 8.74. The molecule has 0 aliphatic carbocycles. The summed E-state index contributed by atoms with van der Waals surface area (Å²) >= 11 is 0. The zero-order valence-electron chi connectivity index (χ0n) is 31.7. The number of hydrogen-bond donors (Lipinski definition) is 0. The number of benzene rings is 10. The van der Waals surface area contributed by atoms with Crippen molar-refractivity contribution < 1.29 is 0 Å². The zero-order chi connectivity index (χ0) is 38.4. The van der Waals surface area contributed by atoms with Crippen LogP contribution < -0.4 is 0 Å². The molecule has 0 unspecified atom stereocenters. The summed E-state index contributed by atoms with van der Waals surface area (Å²) in [5.74, 6) is 0.702. The van der Waals surface area contributed by atoms with Crippen LogP contribution in [-0.2, 0) is 0 Å². The van der Waals surface area contributed by atoms with Gasteiger partial charge in [-0.25, -0.2) is 9.97 Å². The summed E-state index contributed by atoms with van der Waals surface area (Å²) in [4.78, 5) is 10.5. The Kier molecular flexibility index (Phi) is 8.19. The first-order valence-electron chi connectivity index (χ1n) is 19.8. The van der Waals surface area contributed by atoms with E-state index in [1.165, 1.54) is 60.0 Å². The van der Waals surface area contributed by atoms with Crippen LogP contribution in [0.4, 0.5) is 0 Å². The molecule has 1 heterocycles. The van der Waals surface area contributed by atoms with Crippen molar-refractivity contribution in [3.8, 4) is 67.3 Å². The smallest absolute Gasteiger partial charge is 0.160 e. The molecule has 1 aromatic heterocycles. The van der Waals surface area contributed by atoms with Crippen LogP contribution in [0.5, 0.6) is 0 Å². The van der Waals surface area contributed by atoms with Crippen molar-refractivity contribution in [2.24, 2.45) is 0 Å². The molecule has 0 aliphatic rings. The Bertz CT molecular complexity index is 3310. The molecule has 0 bridgehead atoms. The third-order valence-electron chi connectivity index (χ3n) is 11.5. The number of nitrogens with zero attached hydrogens (tertiary/aromatic N) is 2. The van der Waals surface area contributed by atoms with Gasteiger partial charge in [-0.05, 0) is 88.6 Å². The van der Waals surface area contributed by atoms with Gasteiger partial charge in [0.2, 0.25) is 0 Å². The van der Waals surface area contributed by atoms with E-state index in [0.717, 1.165) is 44.6 Å². The number of fused-ring (bicyclic) bond motifs is 5. The third kappa shape index (κ3) is 5.82. The van der Waals surface area contributed by atoms with Crippen LogP contribution in [0.25, 0.3) is 110 Å². The molecule has 11 aromatic rings. The first-order valence-corrected chi connectivity index (χ1v) is 19.8. The van der Waals surface area contributed by atoms with Crippen LogP contribution in [0.1, 0.15) is 0 Å². The lowest BCUT2D eigenvalue weighted by molar-refractivity contribution is 1.19. The van der Waals surface area contributed by atoms with Crippen molar-refractivity contribution in [2.45, 2.75) is 0 Å². The van der Waals surface area contributed by atoms with Gasteiger partial charge in [0.05, 0.1) is 11.4 Å². The van der Waals surface area contributed by atoms with Gasteiger partial charge < -0.3 is 0 Å². The van der Waals surface area contributed by atoms with Crippen molar-refractivity contribution in [3.63, 3.8) is 0 Å². The highest BCUT2D eigenvalue weighted by atomic mass is 14.9. The van der Waals surface area contributed by atoms with Gasteiger partial charge >= 0.3 is 0 Å². The van der Waals surface area contributed by atoms with Gasteiger partial charge in [0.25, 0.3) is 0 Å². The molecule has 0 amide bonds. The highest BCUT2D eigenvalue weighted by Gasteiger charge is 2.18. The average molecular weight is 737 g/mol. The van der Waals surface area contributed by atoms with E-state index < -0.39 is 0 Å². The molecule has 270 valence electrons. The molecular formula is C56H36N2. The average Bonchev–Trinajstić information content (AvgIpc) is 3.31. The maximum Gasteiger partial charge on any atom is 0.160 e. The van der Waals surface area contributed by atoms with Crippen molar-refractivity contribution in [2.75, 3.05) is 0 Å². The molecule has 0 spiro atoms. The summed E-state index contributed by atoms with van der Waals surface area (Å²) in [5.41, 5.74) is 12.0. The minimum atomic E-state index is 0.702. The Labute approximate surface area is 337 Å². The van der Waals surface area contributed by atoms with Crippen molar-refractivity contribution in [3.05, 3.63) is 218 Å². The van der Waals surface area contributed by atoms with Gasteiger partial charge in [0.15, 0.2) is 5.82 Å². The SMILES string of the molecule is c1ccc(-c2nc(-c3ccccc3-c3ccccc3)cc(-c3ccc(-c4ccc(-c5c6ccccc6cc6c5ccc5ccccc56)cc4)c4ccccc34)n2)cc1. The van der Waals surface area contributed by atoms with Crippen LogP contribution in [0.15, 0.2) is 218 Å². The second-order valence-corrected chi connectivity index (χ2v) is 14.9. The normalized spacial score (nSPS) is 11.4. The summed E-state index contributed by atoms with van der Waals surface area (Å²) in [6.45, 7) is 0. The standard InChI is InChI=1S/C56H36N2/c1-3-15-37(16-4-1)43-21-11-14-26-49(43)53-36-54(58-56(57-53)41-18-5-2-6-19-41)50-34-33-45(47-24-12-13-25-48(47)50)39-27-29-40(30-28-39)55-46-23-10-8-20-42(46)35-52-44-22-9-7-17-38(44)31-32-51(52)55/h1-36H. The zero-order valence-corrected chi connectivity index (χ0v) is 31.7. The fraction of sp³-hybridized carbons (Fsp3) is 0. The van der Waals surface area contributed by atoms with Crippen LogP contribution >= 0.6 is 0 Å². The van der Waals surface area contributed by atoms with E-state index in [1.807, 2.05) is 18.2 Å². The number of aromatic nitrogens is 2. The van der Waals surface area contributed by atoms with Gasteiger partial charge in [-0.2, -0.15) is 0 Å². The Morgan fingerprint density at radius 3 is 1.50 bits per heavy atom. The largest absolute Gasteiger partial charge is 0.228 e. The molecule has 11 rings (SSSR count). The maximum atomic E-state index is 5.26. The van der Waals surface area contributed by atoms with Gasteiger partial charge in [-0.1, -0.05) is 206 Å². The van der Waals surface area contributed by atoms with Gasteiger partial charge in [0, 0.05) is 16.7 Å². The van der Waals surface area contributed by atoms with Crippen LogP contribution in [-0.4, -0.2) is 9.97 Å². The van der Waals surface area contributed by atoms with E-state index in [0.29, 0.717) is 5.82 Å². The highest BCUT2D eigenvalue weighted by molar-refractivity contribution is 6.20. The molecule has 0 saturated carbocycles. The lowest BCUT2D eigenvalue weighted by atomic mass is 9.88. The summed E-state index contributed by atoms with van der Waals surface area (Å²) in [7, 11) is 0. The summed E-state index contributed by atoms with van der Waals surface area (Å²) in [6.07, 6.45) is 0. The number of rotatable bonds is 6. The van der Waals surface area contributed by atoms with E-state index in [2.05, 4.69) is 200 Å². The molecular weight excluding hydrogens is 701 g/mol. The predicted molar refractivity (Wildman–Crippen MR) is 245 cm³/mol. The minimum absolute atomic E-state index is 0.702. The molecule has 0 aliphatic heterocycles. The lowest BCUT2D eigenvalue weighted by Gasteiger charge is -2.16. The summed E-state index contributed by atoms with van der Waals surface area (Å²) in [5, 5.41) is 9.93. The minimum Gasteiger partial charge on any atom is -0.228 e. The molecule has 58 heavy (non-hydrogen) atoms. The Morgan fingerprint density at radius 1 is 0.241 bits per heavy atom. The molecule has 2 nitrogen and oxygen atoms in total. The summed E-state index contributed by atoms with van der Waals surface area (Å²) in [6, 6.07) is 78.2. The predicted octanol–water partition coefficient (Wildman–Crippen LogP) is 15.1. The Hall–Kier alpha value is -7.68. The van der Waals surface area contributed by atoms with Crippen molar-refractivity contribution in [1.29, 1.82) is 0 Å². The molecule has 0 N–H and O–H groups in total. The maximum absolute atomic E-state index is 5.26. The first-order chi connectivity index (χ1) is 28.8. The van der Waals surface area contributed by atoms with E-state index >= 15 is 0 Å². The molecule has 0 fully saturated rings.